The van der Waals surface area contributed by atoms with Gasteiger partial charge in [0.25, 0.3) is 0 Å². The van der Waals surface area contributed by atoms with Gasteiger partial charge in [0.05, 0.1) is 13.2 Å². The monoisotopic (exact) mass is 469 g/mol. The van der Waals surface area contributed by atoms with Gasteiger partial charge in [0.1, 0.15) is 24.4 Å². The summed E-state index contributed by atoms with van der Waals surface area (Å²) >= 11 is 0. The fourth-order valence-electron chi connectivity index (χ4n) is 3.71. The minimum absolute atomic E-state index is 0.293. The second-order valence-corrected chi connectivity index (χ2v) is 8.63. The molecule has 33 heavy (non-hydrogen) atoms. The number of pyridine rings is 1. The Bertz CT molecular complexity index is 647. The molecule has 1 aliphatic rings. The van der Waals surface area contributed by atoms with Crippen molar-refractivity contribution in [3.63, 3.8) is 0 Å². The Morgan fingerprint density at radius 2 is 1.42 bits per heavy atom. The second kappa shape index (κ2) is 16.4. The lowest BCUT2D eigenvalue weighted by molar-refractivity contribution is -0.0795. The lowest BCUT2D eigenvalue weighted by atomic mass is 10.0. The Balaban J connectivity index is 2.20. The minimum atomic E-state index is -0.606. The van der Waals surface area contributed by atoms with Crippen LogP contribution in [0.3, 0.4) is 0 Å². The van der Waals surface area contributed by atoms with Gasteiger partial charge in [-0.3, -0.25) is 0 Å². The molecule has 1 fully saturated rings. The molecule has 0 saturated carbocycles. The standard InChI is InChI=1S/C26H44FNO5/c1-5-9-15-29-19-21-24(31-17-11-7-3)25(32-18-12-8-4)23(33-21)20-13-14-22(28-26(20)27)30-16-10-6-2/h13-14,21,23-25H,5-12,15-19H2,1-4H3/t21-,23+,24?,25-/m1/s1. The van der Waals surface area contributed by atoms with E-state index in [4.69, 9.17) is 23.7 Å². The molecular formula is C26H44FNO5. The number of aromatic nitrogens is 1. The van der Waals surface area contributed by atoms with Crippen molar-refractivity contribution in [3.8, 4) is 5.88 Å². The maximum Gasteiger partial charge on any atom is 0.222 e. The fraction of sp³-hybridized carbons (Fsp3) is 0.808. The Morgan fingerprint density at radius 1 is 0.818 bits per heavy atom. The molecule has 1 saturated heterocycles. The van der Waals surface area contributed by atoms with Gasteiger partial charge in [-0.2, -0.15) is 9.37 Å². The van der Waals surface area contributed by atoms with Crippen LogP contribution < -0.4 is 4.74 Å². The maximum atomic E-state index is 15.1. The van der Waals surface area contributed by atoms with Crippen LogP contribution in [-0.4, -0.2) is 56.3 Å². The SMILES string of the molecule is CCCCOC[C@H]1O[C@@H](c2ccc(OCCCC)nc2F)[C@@H](OCCCC)C1OCCCC. The van der Waals surface area contributed by atoms with Crippen LogP contribution in [0.15, 0.2) is 12.1 Å². The molecule has 0 amide bonds. The van der Waals surface area contributed by atoms with Crippen molar-refractivity contribution in [1.82, 2.24) is 4.98 Å². The molecule has 0 bridgehead atoms. The van der Waals surface area contributed by atoms with Crippen LogP contribution in [0.5, 0.6) is 5.88 Å². The van der Waals surface area contributed by atoms with Gasteiger partial charge < -0.3 is 23.7 Å². The normalized spacial score (nSPS) is 22.7. The molecule has 7 heteroatoms. The zero-order valence-corrected chi connectivity index (χ0v) is 21.0. The molecule has 190 valence electrons. The van der Waals surface area contributed by atoms with Crippen LogP contribution in [0.25, 0.3) is 0 Å². The van der Waals surface area contributed by atoms with E-state index in [0.29, 0.717) is 44.5 Å². The van der Waals surface area contributed by atoms with Gasteiger partial charge in [-0.1, -0.05) is 53.4 Å². The van der Waals surface area contributed by atoms with Gasteiger partial charge in [0.15, 0.2) is 0 Å². The molecule has 1 aromatic heterocycles. The third kappa shape index (κ3) is 9.12. The molecule has 0 aromatic carbocycles. The number of rotatable bonds is 18. The fourth-order valence-corrected chi connectivity index (χ4v) is 3.71. The first-order chi connectivity index (χ1) is 16.2. The van der Waals surface area contributed by atoms with E-state index in [-0.39, 0.29) is 12.2 Å². The predicted octanol–water partition coefficient (Wildman–Crippen LogP) is 6.03. The van der Waals surface area contributed by atoms with E-state index in [1.54, 1.807) is 12.1 Å². The number of unbranched alkanes of at least 4 members (excludes halogenated alkanes) is 4. The minimum Gasteiger partial charge on any atom is -0.478 e. The van der Waals surface area contributed by atoms with E-state index < -0.39 is 18.2 Å². The van der Waals surface area contributed by atoms with Crippen LogP contribution >= 0.6 is 0 Å². The highest BCUT2D eigenvalue weighted by Gasteiger charge is 2.48. The Hall–Kier alpha value is -1.28. The highest BCUT2D eigenvalue weighted by molar-refractivity contribution is 5.24. The van der Waals surface area contributed by atoms with Gasteiger partial charge >= 0.3 is 0 Å². The van der Waals surface area contributed by atoms with Gasteiger partial charge in [-0.25, -0.2) is 0 Å². The van der Waals surface area contributed by atoms with E-state index in [0.717, 1.165) is 51.4 Å². The number of ether oxygens (including phenoxy) is 5. The number of hydrogen-bond donors (Lipinski definition) is 0. The molecule has 4 atom stereocenters. The Kier molecular flexibility index (Phi) is 13.9. The molecule has 2 heterocycles. The summed E-state index contributed by atoms with van der Waals surface area (Å²) in [5.74, 6) is -0.292. The molecule has 0 radical (unpaired) electrons. The van der Waals surface area contributed by atoms with Crippen molar-refractivity contribution in [2.45, 2.75) is 103 Å². The topological polar surface area (TPSA) is 59.0 Å². The summed E-state index contributed by atoms with van der Waals surface area (Å²) in [6.07, 6.45) is 6.23. The summed E-state index contributed by atoms with van der Waals surface area (Å²) in [6, 6.07) is 3.41. The summed E-state index contributed by atoms with van der Waals surface area (Å²) in [5, 5.41) is 0. The lowest BCUT2D eigenvalue weighted by Gasteiger charge is -2.25. The summed E-state index contributed by atoms with van der Waals surface area (Å²) in [6.45, 7) is 11.2. The first-order valence-electron chi connectivity index (χ1n) is 12.9. The van der Waals surface area contributed by atoms with Crippen molar-refractivity contribution in [2.75, 3.05) is 33.0 Å². The summed E-state index contributed by atoms with van der Waals surface area (Å²) < 4.78 is 45.3. The van der Waals surface area contributed by atoms with Crippen molar-refractivity contribution >= 4 is 0 Å². The van der Waals surface area contributed by atoms with Crippen LogP contribution in [0, 0.1) is 5.95 Å². The van der Waals surface area contributed by atoms with Gasteiger partial charge in [0, 0.05) is 31.5 Å². The highest BCUT2D eigenvalue weighted by Crippen LogP contribution is 2.39. The van der Waals surface area contributed by atoms with Crippen LogP contribution in [0.1, 0.15) is 90.7 Å². The number of nitrogens with zero attached hydrogens (tertiary/aromatic N) is 1. The first-order valence-corrected chi connectivity index (χ1v) is 12.9. The van der Waals surface area contributed by atoms with E-state index in [2.05, 4.69) is 32.7 Å². The molecular weight excluding hydrogens is 425 g/mol. The van der Waals surface area contributed by atoms with Crippen LogP contribution in [-0.2, 0) is 18.9 Å². The zero-order chi connectivity index (χ0) is 23.9. The molecule has 1 unspecified atom stereocenters. The van der Waals surface area contributed by atoms with Crippen molar-refractivity contribution in [1.29, 1.82) is 0 Å². The van der Waals surface area contributed by atoms with E-state index in [1.165, 1.54) is 0 Å². The maximum absolute atomic E-state index is 15.1. The smallest absolute Gasteiger partial charge is 0.222 e. The van der Waals surface area contributed by atoms with Crippen LogP contribution in [0.4, 0.5) is 4.39 Å². The molecule has 2 rings (SSSR count). The zero-order valence-electron chi connectivity index (χ0n) is 21.0. The van der Waals surface area contributed by atoms with Crippen LogP contribution in [0.2, 0.25) is 0 Å². The van der Waals surface area contributed by atoms with Crippen molar-refractivity contribution in [2.24, 2.45) is 0 Å². The molecule has 1 aromatic rings. The largest absolute Gasteiger partial charge is 0.478 e. The lowest BCUT2D eigenvalue weighted by Crippen LogP contribution is -2.38. The summed E-state index contributed by atoms with van der Waals surface area (Å²) in [4.78, 5) is 4.04. The predicted molar refractivity (Wildman–Crippen MR) is 127 cm³/mol. The van der Waals surface area contributed by atoms with E-state index in [9.17, 15) is 0 Å². The third-order valence-corrected chi connectivity index (χ3v) is 5.76. The van der Waals surface area contributed by atoms with Gasteiger partial charge in [0.2, 0.25) is 11.8 Å². The van der Waals surface area contributed by atoms with E-state index in [1.807, 2.05) is 0 Å². The molecule has 0 aliphatic carbocycles. The highest BCUT2D eigenvalue weighted by atomic mass is 19.1. The van der Waals surface area contributed by atoms with Crippen molar-refractivity contribution < 1.29 is 28.1 Å². The number of halogens is 1. The van der Waals surface area contributed by atoms with E-state index >= 15 is 4.39 Å². The average Bonchev–Trinajstić information content (AvgIpc) is 3.14. The van der Waals surface area contributed by atoms with Gasteiger partial charge in [-0.15, -0.1) is 0 Å². The number of hydrogen-bond acceptors (Lipinski definition) is 6. The molecule has 1 aliphatic heterocycles. The second-order valence-electron chi connectivity index (χ2n) is 8.63. The molecule has 0 spiro atoms. The van der Waals surface area contributed by atoms with Crippen molar-refractivity contribution in [3.05, 3.63) is 23.6 Å². The third-order valence-electron chi connectivity index (χ3n) is 5.76. The molecule has 0 N–H and O–H groups in total. The summed E-state index contributed by atoms with van der Waals surface area (Å²) in [5.41, 5.74) is 0.375. The Morgan fingerprint density at radius 3 is 2.06 bits per heavy atom. The first kappa shape index (κ1) is 28.0. The molecule has 6 nitrogen and oxygen atoms in total. The average molecular weight is 470 g/mol. The summed E-state index contributed by atoms with van der Waals surface area (Å²) in [7, 11) is 0. The quantitative estimate of drug-likeness (QED) is 0.193. The van der Waals surface area contributed by atoms with Gasteiger partial charge in [-0.05, 0) is 31.7 Å². The Labute approximate surface area is 199 Å².